The number of likely N-dealkylation sites (N-methyl/N-ethyl adjacent to an activating group) is 1. The van der Waals surface area contributed by atoms with Gasteiger partial charge in [0.1, 0.15) is 0 Å². The lowest BCUT2D eigenvalue weighted by atomic mass is 9.62. The van der Waals surface area contributed by atoms with Crippen LogP contribution in [0.3, 0.4) is 0 Å². The monoisotopic (exact) mass is 375 g/mol. The van der Waals surface area contributed by atoms with Crippen LogP contribution in [0.2, 0.25) is 0 Å². The number of benzene rings is 2. The molecule has 0 spiro atoms. The number of rotatable bonds is 4. The fourth-order valence-corrected chi connectivity index (χ4v) is 4.30. The van der Waals surface area contributed by atoms with Crippen molar-refractivity contribution in [2.45, 2.75) is 65.2 Å². The number of carbonyl (C=O) groups is 1. The average Bonchev–Trinajstić information content (AvgIpc) is 2.64. The Morgan fingerprint density at radius 3 is 2.25 bits per heavy atom. The summed E-state index contributed by atoms with van der Waals surface area (Å²) in [6, 6.07) is 13.2. The fraction of sp³-hybridized carbons (Fsp3) is 0.423. The van der Waals surface area contributed by atoms with Crippen LogP contribution in [0.5, 0.6) is 0 Å². The van der Waals surface area contributed by atoms with E-state index in [0.717, 1.165) is 5.56 Å². The number of carbonyl (C=O) groups excluding carboxylic acids is 1. The van der Waals surface area contributed by atoms with E-state index in [2.05, 4.69) is 70.3 Å². The van der Waals surface area contributed by atoms with Crippen molar-refractivity contribution in [3.63, 3.8) is 0 Å². The number of nitrogens with one attached hydrogen (secondary N) is 1. The third-order valence-electron chi connectivity index (χ3n) is 6.21. The highest BCUT2D eigenvalue weighted by Gasteiger charge is 2.37. The van der Waals surface area contributed by atoms with Crippen molar-refractivity contribution in [1.29, 1.82) is 0 Å². The molecule has 0 aliphatic heterocycles. The Morgan fingerprint density at radius 1 is 1.00 bits per heavy atom. The van der Waals surface area contributed by atoms with Gasteiger partial charge in [0, 0.05) is 12.6 Å². The van der Waals surface area contributed by atoms with Crippen LogP contribution in [-0.2, 0) is 15.6 Å². The van der Waals surface area contributed by atoms with Gasteiger partial charge in [-0.05, 0) is 77.0 Å². The van der Waals surface area contributed by atoms with Crippen molar-refractivity contribution in [1.82, 2.24) is 5.32 Å². The van der Waals surface area contributed by atoms with E-state index in [4.69, 9.17) is 0 Å². The molecule has 1 aliphatic carbocycles. The molecule has 28 heavy (non-hydrogen) atoms. The van der Waals surface area contributed by atoms with Gasteiger partial charge in [0.25, 0.3) is 0 Å². The third-order valence-corrected chi connectivity index (χ3v) is 6.21. The summed E-state index contributed by atoms with van der Waals surface area (Å²) in [4.78, 5) is 11.9. The van der Waals surface area contributed by atoms with Crippen molar-refractivity contribution in [3.05, 3.63) is 64.7 Å². The van der Waals surface area contributed by atoms with Crippen molar-refractivity contribution in [2.75, 3.05) is 6.54 Å². The molecule has 2 heteroatoms. The molecular weight excluding hydrogens is 342 g/mol. The summed E-state index contributed by atoms with van der Waals surface area (Å²) in [5.74, 6) is -0.0534. The summed E-state index contributed by atoms with van der Waals surface area (Å²) in [6.07, 6.45) is 5.98. The van der Waals surface area contributed by atoms with Gasteiger partial charge in [-0.15, -0.1) is 0 Å². The van der Waals surface area contributed by atoms with Gasteiger partial charge >= 0.3 is 0 Å². The first kappa shape index (κ1) is 20.4. The largest absolute Gasteiger partial charge is 0.353 e. The smallest absolute Gasteiger partial charge is 0.243 e. The van der Waals surface area contributed by atoms with Gasteiger partial charge in [0.15, 0.2) is 0 Å². The van der Waals surface area contributed by atoms with Crippen molar-refractivity contribution in [2.24, 2.45) is 0 Å². The molecule has 0 aromatic heterocycles. The maximum absolute atomic E-state index is 11.9. The van der Waals surface area contributed by atoms with E-state index in [9.17, 15) is 4.79 Å². The van der Waals surface area contributed by atoms with Crippen LogP contribution in [0.15, 0.2) is 42.5 Å². The number of hydrogen-bond acceptors (Lipinski definition) is 1. The second kappa shape index (κ2) is 7.58. The maximum atomic E-state index is 11.9. The Labute approximate surface area is 170 Å². The maximum Gasteiger partial charge on any atom is 0.243 e. The van der Waals surface area contributed by atoms with Crippen molar-refractivity contribution < 1.29 is 4.79 Å². The lowest BCUT2D eigenvalue weighted by molar-refractivity contribution is -0.116. The van der Waals surface area contributed by atoms with Gasteiger partial charge in [-0.1, -0.05) is 64.1 Å². The van der Waals surface area contributed by atoms with E-state index in [1.807, 2.05) is 19.1 Å². The minimum absolute atomic E-state index is 0.0534. The molecule has 148 valence electrons. The van der Waals surface area contributed by atoms with E-state index < -0.39 is 0 Å². The molecule has 0 saturated carbocycles. The highest BCUT2D eigenvalue weighted by molar-refractivity contribution is 5.93. The first-order valence-corrected chi connectivity index (χ1v) is 10.4. The molecule has 2 aromatic rings. The van der Waals surface area contributed by atoms with Gasteiger partial charge in [0.2, 0.25) is 5.91 Å². The molecule has 0 radical (unpaired) electrons. The van der Waals surface area contributed by atoms with Crippen LogP contribution in [-0.4, -0.2) is 12.5 Å². The molecule has 1 aliphatic rings. The van der Waals surface area contributed by atoms with Gasteiger partial charge in [0.05, 0.1) is 0 Å². The van der Waals surface area contributed by atoms with Crippen LogP contribution >= 0.6 is 0 Å². The first-order valence-electron chi connectivity index (χ1n) is 10.4. The summed E-state index contributed by atoms with van der Waals surface area (Å²) in [5, 5.41) is 2.82. The first-order chi connectivity index (χ1) is 13.2. The Kier molecular flexibility index (Phi) is 5.52. The number of amides is 1. The summed E-state index contributed by atoms with van der Waals surface area (Å²) in [5.41, 5.74) is 8.16. The molecule has 0 bridgehead atoms. The van der Waals surface area contributed by atoms with E-state index in [1.165, 1.54) is 40.7 Å². The summed E-state index contributed by atoms with van der Waals surface area (Å²) in [6.45, 7) is 14.2. The molecule has 1 N–H and O–H groups in total. The second-order valence-corrected chi connectivity index (χ2v) is 9.30. The molecule has 0 unspecified atom stereocenters. The molecule has 1 amide bonds. The number of hydrogen-bond donors (Lipinski definition) is 1. The molecule has 0 saturated heterocycles. The Bertz CT molecular complexity index is 918. The number of fused-ring (bicyclic) bond motifs is 1. The van der Waals surface area contributed by atoms with Crippen LogP contribution in [0.1, 0.15) is 69.7 Å². The summed E-state index contributed by atoms with van der Waals surface area (Å²) < 4.78 is 0. The van der Waals surface area contributed by atoms with Crippen LogP contribution in [0.25, 0.3) is 17.2 Å². The van der Waals surface area contributed by atoms with E-state index in [-0.39, 0.29) is 16.7 Å². The summed E-state index contributed by atoms with van der Waals surface area (Å²) in [7, 11) is 0. The normalized spacial score (nSPS) is 17.4. The molecule has 2 nitrogen and oxygen atoms in total. The average molecular weight is 376 g/mol. The SMILES string of the molecule is CCNC(=O)/C=C/c1ccccc1-c1cc2c(cc1C)C(C)(C)CCC2(C)C. The Balaban J connectivity index is 2.13. The number of aryl methyl sites for hydroxylation is 1. The topological polar surface area (TPSA) is 29.1 Å². The summed E-state index contributed by atoms with van der Waals surface area (Å²) >= 11 is 0. The molecule has 0 atom stereocenters. The predicted molar refractivity (Wildman–Crippen MR) is 120 cm³/mol. The Hall–Kier alpha value is -2.35. The minimum atomic E-state index is -0.0534. The molecular formula is C26H33NO. The zero-order valence-electron chi connectivity index (χ0n) is 18.1. The molecule has 0 fully saturated rings. The lowest BCUT2D eigenvalue weighted by Gasteiger charge is -2.42. The highest BCUT2D eigenvalue weighted by atomic mass is 16.1. The second-order valence-electron chi connectivity index (χ2n) is 9.30. The molecule has 2 aromatic carbocycles. The lowest BCUT2D eigenvalue weighted by Crippen LogP contribution is -2.34. The van der Waals surface area contributed by atoms with E-state index >= 15 is 0 Å². The van der Waals surface area contributed by atoms with Crippen LogP contribution in [0, 0.1) is 6.92 Å². The van der Waals surface area contributed by atoms with E-state index in [0.29, 0.717) is 6.54 Å². The predicted octanol–water partition coefficient (Wildman–Crippen LogP) is 6.16. The minimum Gasteiger partial charge on any atom is -0.353 e. The third kappa shape index (κ3) is 3.92. The van der Waals surface area contributed by atoms with Crippen molar-refractivity contribution >= 4 is 12.0 Å². The van der Waals surface area contributed by atoms with Crippen molar-refractivity contribution in [3.8, 4) is 11.1 Å². The van der Waals surface area contributed by atoms with E-state index in [1.54, 1.807) is 6.08 Å². The van der Waals surface area contributed by atoms with Gasteiger partial charge in [-0.3, -0.25) is 4.79 Å². The van der Waals surface area contributed by atoms with Crippen LogP contribution < -0.4 is 5.32 Å². The molecule has 0 heterocycles. The quantitative estimate of drug-likeness (QED) is 0.637. The van der Waals surface area contributed by atoms with Crippen LogP contribution in [0.4, 0.5) is 0 Å². The fourth-order valence-electron chi connectivity index (χ4n) is 4.30. The van der Waals surface area contributed by atoms with Gasteiger partial charge < -0.3 is 5.32 Å². The van der Waals surface area contributed by atoms with Gasteiger partial charge in [-0.25, -0.2) is 0 Å². The highest BCUT2D eigenvalue weighted by Crippen LogP contribution is 2.47. The Morgan fingerprint density at radius 2 is 1.61 bits per heavy atom. The van der Waals surface area contributed by atoms with Gasteiger partial charge in [-0.2, -0.15) is 0 Å². The standard InChI is InChI=1S/C26H33NO/c1-7-27-24(28)13-12-19-10-8-9-11-20(19)21-17-23-22(16-18(21)2)25(3,4)14-15-26(23,5)6/h8-13,16-17H,7,14-15H2,1-6H3,(H,27,28)/b13-12+. The zero-order valence-corrected chi connectivity index (χ0v) is 18.1. The zero-order chi connectivity index (χ0) is 20.5. The molecule has 3 rings (SSSR count).